The number of fused-ring (bicyclic) bond motifs is 4. The molecule has 0 heteroatoms. The van der Waals surface area contributed by atoms with E-state index in [1.54, 1.807) is 11.1 Å². The summed E-state index contributed by atoms with van der Waals surface area (Å²) in [7, 11) is 0. The summed E-state index contributed by atoms with van der Waals surface area (Å²) in [6.45, 7) is 23.0. The van der Waals surface area contributed by atoms with E-state index in [4.69, 9.17) is 0 Å². The Balaban J connectivity index is 0.000000153. The Morgan fingerprint density at radius 1 is 0.628 bits per heavy atom. The van der Waals surface area contributed by atoms with Crippen molar-refractivity contribution in [3.05, 3.63) is 124 Å². The van der Waals surface area contributed by atoms with Crippen LogP contribution in [0.4, 0.5) is 0 Å². The Hall–Kier alpha value is -3.38. The van der Waals surface area contributed by atoms with Crippen LogP contribution in [0.25, 0.3) is 28.3 Å². The highest BCUT2D eigenvalue weighted by Gasteiger charge is 2.60. The molecule has 0 heterocycles. The highest BCUT2D eigenvalue weighted by molar-refractivity contribution is 5.81. The van der Waals surface area contributed by atoms with Crippen molar-refractivity contribution in [1.29, 1.82) is 0 Å². The van der Waals surface area contributed by atoms with Gasteiger partial charge in [0.05, 0.1) is 0 Å². The summed E-state index contributed by atoms with van der Waals surface area (Å²) in [5.74, 6) is 2.05. The molecule has 1 saturated carbocycles. The van der Waals surface area contributed by atoms with Crippen molar-refractivity contribution >= 4 is 6.08 Å². The Morgan fingerprint density at radius 2 is 1.12 bits per heavy atom. The summed E-state index contributed by atoms with van der Waals surface area (Å²) in [4.78, 5) is 0. The molecule has 0 saturated heterocycles. The van der Waals surface area contributed by atoms with Gasteiger partial charge in [-0.2, -0.15) is 0 Å². The molecule has 222 valence electrons. The SMILES string of the molecule is CC1=Cc2c(-c3ccc(C(C)(C)C)cc3)cccc2C1C.CC1c2cccc(-c3ccc(C(C)(C)C)cc3)c2C2CC12C. The van der Waals surface area contributed by atoms with Gasteiger partial charge in [0.25, 0.3) is 0 Å². The second-order valence-electron chi connectivity index (χ2n) is 15.9. The molecule has 4 aromatic rings. The molecule has 0 radical (unpaired) electrons. The quantitative estimate of drug-likeness (QED) is 0.226. The molecule has 4 atom stereocenters. The van der Waals surface area contributed by atoms with Crippen LogP contribution in [0.2, 0.25) is 0 Å². The minimum Gasteiger partial charge on any atom is -0.0655 e. The second-order valence-corrected chi connectivity index (χ2v) is 15.9. The van der Waals surface area contributed by atoms with Crippen molar-refractivity contribution in [3.8, 4) is 22.3 Å². The first-order chi connectivity index (χ1) is 20.2. The van der Waals surface area contributed by atoms with E-state index in [0.29, 0.717) is 17.3 Å². The van der Waals surface area contributed by atoms with E-state index in [1.165, 1.54) is 56.5 Å². The zero-order valence-corrected chi connectivity index (χ0v) is 28.1. The first-order valence-corrected chi connectivity index (χ1v) is 16.4. The first-order valence-electron chi connectivity index (χ1n) is 16.4. The molecule has 0 spiro atoms. The minimum atomic E-state index is 0.210. The van der Waals surface area contributed by atoms with Gasteiger partial charge in [-0.1, -0.05) is 159 Å². The van der Waals surface area contributed by atoms with Gasteiger partial charge in [0.2, 0.25) is 0 Å². The predicted octanol–water partition coefficient (Wildman–Crippen LogP) is 12.4. The minimum absolute atomic E-state index is 0.210. The third-order valence-electron chi connectivity index (χ3n) is 11.0. The largest absolute Gasteiger partial charge is 0.0655 e. The normalized spacial score (nSPS) is 23.5. The molecular weight excluding hydrogens is 516 g/mol. The topological polar surface area (TPSA) is 0 Å². The summed E-state index contributed by atoms with van der Waals surface area (Å²) in [6.07, 6.45) is 3.73. The summed E-state index contributed by atoms with van der Waals surface area (Å²) in [6, 6.07) is 31.9. The van der Waals surface area contributed by atoms with Crippen molar-refractivity contribution < 1.29 is 0 Å². The van der Waals surface area contributed by atoms with Crippen LogP contribution in [0.5, 0.6) is 0 Å². The third kappa shape index (κ3) is 5.22. The van der Waals surface area contributed by atoms with E-state index in [-0.39, 0.29) is 10.8 Å². The number of rotatable bonds is 2. The third-order valence-corrected chi connectivity index (χ3v) is 11.0. The maximum Gasteiger partial charge on any atom is 0.00265 e. The second kappa shape index (κ2) is 10.4. The zero-order valence-electron chi connectivity index (χ0n) is 28.1. The molecule has 0 bridgehead atoms. The summed E-state index contributed by atoms with van der Waals surface area (Å²) < 4.78 is 0. The Morgan fingerprint density at radius 3 is 1.65 bits per heavy atom. The van der Waals surface area contributed by atoms with E-state index in [2.05, 4.69) is 160 Å². The van der Waals surface area contributed by atoms with Crippen LogP contribution in [-0.2, 0) is 10.8 Å². The standard InChI is InChI=1S/C22H26.C21H24/c1-14-17-7-6-8-18(20(17)19-13-22(14,19)5)15-9-11-16(12-10-15)21(2,3)4;1-14-13-20-18(15(14)2)7-6-8-19(20)16-9-11-17(12-10-16)21(3,4)5/h6-12,14,19H,13H2,1-5H3;6-13,15H,1-5H3. The molecule has 43 heavy (non-hydrogen) atoms. The van der Waals surface area contributed by atoms with E-state index in [0.717, 1.165) is 5.92 Å². The van der Waals surface area contributed by atoms with E-state index in [9.17, 15) is 0 Å². The van der Waals surface area contributed by atoms with Gasteiger partial charge in [-0.3, -0.25) is 0 Å². The van der Waals surface area contributed by atoms with Crippen molar-refractivity contribution in [2.24, 2.45) is 5.41 Å². The van der Waals surface area contributed by atoms with Gasteiger partial charge in [-0.25, -0.2) is 0 Å². The van der Waals surface area contributed by atoms with E-state index < -0.39 is 0 Å². The highest BCUT2D eigenvalue weighted by atomic mass is 14.6. The average Bonchev–Trinajstić information content (AvgIpc) is 3.51. The van der Waals surface area contributed by atoms with Crippen LogP contribution in [0.1, 0.15) is 127 Å². The molecule has 1 fully saturated rings. The lowest BCUT2D eigenvalue weighted by Crippen LogP contribution is -2.10. The summed E-state index contributed by atoms with van der Waals surface area (Å²) in [5.41, 5.74) is 16.9. The number of allylic oxidation sites excluding steroid dienone is 1. The molecule has 0 N–H and O–H groups in total. The smallest absolute Gasteiger partial charge is 0.00265 e. The lowest BCUT2D eigenvalue weighted by molar-refractivity contribution is 0.481. The molecule has 4 aromatic carbocycles. The van der Waals surface area contributed by atoms with Crippen LogP contribution in [0, 0.1) is 5.41 Å². The Kier molecular flexibility index (Phi) is 7.15. The van der Waals surface area contributed by atoms with Gasteiger partial charge in [0, 0.05) is 5.92 Å². The van der Waals surface area contributed by atoms with Crippen LogP contribution in [0.15, 0.2) is 90.5 Å². The van der Waals surface area contributed by atoms with Crippen molar-refractivity contribution in [2.45, 2.75) is 104 Å². The maximum absolute atomic E-state index is 2.47. The van der Waals surface area contributed by atoms with E-state index >= 15 is 0 Å². The molecule has 7 rings (SSSR count). The van der Waals surface area contributed by atoms with Gasteiger partial charge >= 0.3 is 0 Å². The summed E-state index contributed by atoms with van der Waals surface area (Å²) in [5, 5.41) is 0. The number of hydrogen-bond donors (Lipinski definition) is 0. The summed E-state index contributed by atoms with van der Waals surface area (Å²) >= 11 is 0. The molecule has 4 unspecified atom stereocenters. The van der Waals surface area contributed by atoms with Gasteiger partial charge in [-0.05, 0) is 97.1 Å². The molecule has 0 aliphatic heterocycles. The molecule has 3 aliphatic rings. The molecule has 3 aliphatic carbocycles. The molecule has 0 nitrogen and oxygen atoms in total. The fourth-order valence-electron chi connectivity index (χ4n) is 7.52. The predicted molar refractivity (Wildman–Crippen MR) is 187 cm³/mol. The van der Waals surface area contributed by atoms with Gasteiger partial charge in [-0.15, -0.1) is 0 Å². The Bertz CT molecular complexity index is 1680. The monoisotopic (exact) mass is 566 g/mol. The van der Waals surface area contributed by atoms with E-state index in [1.807, 2.05) is 0 Å². The number of hydrogen-bond acceptors (Lipinski definition) is 0. The van der Waals surface area contributed by atoms with Crippen molar-refractivity contribution in [2.75, 3.05) is 0 Å². The number of benzene rings is 4. The fourth-order valence-corrected chi connectivity index (χ4v) is 7.52. The van der Waals surface area contributed by atoms with Crippen LogP contribution in [0.3, 0.4) is 0 Å². The van der Waals surface area contributed by atoms with Crippen molar-refractivity contribution in [3.63, 3.8) is 0 Å². The van der Waals surface area contributed by atoms with Crippen LogP contribution < -0.4 is 0 Å². The lowest BCUT2D eigenvalue weighted by Gasteiger charge is -2.20. The lowest BCUT2D eigenvalue weighted by atomic mass is 9.85. The Labute approximate surface area is 261 Å². The fraction of sp³-hybridized carbons (Fsp3) is 0.395. The zero-order chi connectivity index (χ0) is 30.9. The van der Waals surface area contributed by atoms with Crippen LogP contribution in [-0.4, -0.2) is 0 Å². The van der Waals surface area contributed by atoms with Crippen molar-refractivity contribution in [1.82, 2.24) is 0 Å². The molecular formula is C43H50. The van der Waals surface area contributed by atoms with Gasteiger partial charge in [0.15, 0.2) is 0 Å². The highest BCUT2D eigenvalue weighted by Crippen LogP contribution is 2.73. The molecule has 0 aromatic heterocycles. The first kappa shape index (κ1) is 29.7. The average molecular weight is 567 g/mol. The van der Waals surface area contributed by atoms with Crippen LogP contribution >= 0.6 is 0 Å². The van der Waals surface area contributed by atoms with Gasteiger partial charge < -0.3 is 0 Å². The van der Waals surface area contributed by atoms with Gasteiger partial charge in [0.1, 0.15) is 0 Å². The maximum atomic E-state index is 2.47. The molecule has 0 amide bonds.